The Morgan fingerprint density at radius 2 is 1.79 bits per heavy atom. The Balaban J connectivity index is 1.09. The van der Waals surface area contributed by atoms with Crippen LogP contribution in [0.3, 0.4) is 0 Å². The van der Waals surface area contributed by atoms with Crippen LogP contribution in [-0.4, -0.2) is 114 Å². The molecule has 7 unspecified atom stereocenters. The van der Waals surface area contributed by atoms with Crippen LogP contribution < -0.4 is 35.5 Å². The molecule has 5 aromatic carbocycles. The molecule has 5 aliphatic rings. The second kappa shape index (κ2) is 24.0. The van der Waals surface area contributed by atoms with Crippen molar-refractivity contribution in [3.63, 3.8) is 0 Å². The molecule has 6 aromatic rings. The third-order valence-electron chi connectivity index (χ3n) is 17.0. The average Bonchev–Trinajstić information content (AvgIpc) is 4.07. The van der Waals surface area contributed by atoms with Gasteiger partial charge in [0.2, 0.25) is 0 Å². The number of H-pyrrole nitrogens is 1. The quantitative estimate of drug-likeness (QED) is 0.0187. The van der Waals surface area contributed by atoms with E-state index < -0.39 is 29.5 Å². The number of aromatic amines is 1. The van der Waals surface area contributed by atoms with E-state index in [2.05, 4.69) is 119 Å². The van der Waals surface area contributed by atoms with E-state index in [9.17, 15) is 25.5 Å². The predicted molar refractivity (Wildman–Crippen MR) is 313 cm³/mol. The summed E-state index contributed by atoms with van der Waals surface area (Å²) in [6.45, 7) is 8.32. The Hall–Kier alpha value is -6.38. The Bertz CT molecular complexity index is 3290. The minimum Gasteiger partial charge on any atom is -0.507 e. The molecule has 0 radical (unpaired) electrons. The lowest BCUT2D eigenvalue weighted by molar-refractivity contribution is -0.141. The third-order valence-corrected chi connectivity index (χ3v) is 17.0. The van der Waals surface area contributed by atoms with Gasteiger partial charge in [0.05, 0.1) is 25.5 Å². The predicted octanol–water partition coefficient (Wildman–Crippen LogP) is 8.60. The van der Waals surface area contributed by atoms with Gasteiger partial charge >= 0.3 is 0 Å². The average molecular weight is 1090 g/mol. The summed E-state index contributed by atoms with van der Waals surface area (Å²) in [6.07, 6.45) is 8.72. The fraction of sp³-hybridized carbons (Fsp3) is 0.455. The van der Waals surface area contributed by atoms with Crippen molar-refractivity contribution < 1.29 is 44.5 Å². The first-order valence-corrected chi connectivity index (χ1v) is 29.0. The van der Waals surface area contributed by atoms with E-state index in [0.717, 1.165) is 74.8 Å². The lowest BCUT2D eigenvalue weighted by Crippen LogP contribution is -2.62. The van der Waals surface area contributed by atoms with Crippen molar-refractivity contribution in [2.75, 3.05) is 59.9 Å². The standard InChI is InChI=1S/C66H79N5O9/c1-40(2)33-65(3,76)37-69-38-71-57-16-8-9-27-77-56-31-45(29-44(61(56)75)15-11-26-72)64-66(57,78-39-67-4)34-53-50-32-52-58(43-17-21-54-42(28-43)23-25-70-54)46(35-68-24-10-14-41-12-6-5-7-13-41)30-51-55(74)22-20-48(59(51)52)60(50)63-49(62(53)80-64)19-18-47(36-73)79-63/h5-7,12-13,17,20-23,25,28-31,40,47,52,57-58,64,67-76H,9-11,14-15,18-19,24,26-27,32-39H2,1-4H3. The molecule has 2 bridgehead atoms. The summed E-state index contributed by atoms with van der Waals surface area (Å²) >= 11 is 0. The van der Waals surface area contributed by atoms with Gasteiger partial charge in [-0.25, -0.2) is 0 Å². The summed E-state index contributed by atoms with van der Waals surface area (Å²) in [5, 5.41) is 71.6. The van der Waals surface area contributed by atoms with E-state index in [1.807, 2.05) is 38.4 Å². The summed E-state index contributed by atoms with van der Waals surface area (Å²) in [4.78, 5) is 3.40. The highest BCUT2D eigenvalue weighted by molar-refractivity contribution is 5.90. The number of phenols is 2. The highest BCUT2D eigenvalue weighted by Crippen LogP contribution is 2.62. The van der Waals surface area contributed by atoms with Gasteiger partial charge < -0.3 is 60.1 Å². The van der Waals surface area contributed by atoms with Crippen molar-refractivity contribution in [2.24, 2.45) is 5.92 Å². The van der Waals surface area contributed by atoms with Crippen LogP contribution in [0.15, 0.2) is 90.6 Å². The Morgan fingerprint density at radius 1 is 0.925 bits per heavy atom. The second-order valence-corrected chi connectivity index (χ2v) is 23.4. The molecule has 3 aliphatic heterocycles. The number of phenolic OH excluding ortho intramolecular Hbond substituents is 2. The van der Waals surface area contributed by atoms with E-state index in [0.29, 0.717) is 99.9 Å². The van der Waals surface area contributed by atoms with Crippen LogP contribution in [0.5, 0.6) is 28.7 Å². The SMILES string of the molecule is CNCOC12Cc3c4c(c5c(c3OC1c1cc(CCCO)c(O)c(c1)OCCC#CC2NCNCC(C)(O)CC(C)C)CCC(CO)O5)-c1ccc(O)c2c1C(C4)C(c1ccc3[nH]ccc3c1)C(CNCCCc1ccccc1)=C2. The van der Waals surface area contributed by atoms with Crippen molar-refractivity contribution in [1.82, 2.24) is 26.3 Å². The minimum atomic E-state index is -1.26. The van der Waals surface area contributed by atoms with E-state index in [1.54, 1.807) is 0 Å². The number of hydrogen-bond donors (Lipinski definition) is 10. The number of aliphatic hydroxyl groups is 3. The molecule has 0 fully saturated rings. The first-order chi connectivity index (χ1) is 38.9. The molecule has 14 nitrogen and oxygen atoms in total. The summed E-state index contributed by atoms with van der Waals surface area (Å²) in [7, 11) is 1.86. The monoisotopic (exact) mass is 1090 g/mol. The lowest BCUT2D eigenvalue weighted by atomic mass is 9.62. The van der Waals surface area contributed by atoms with Crippen LogP contribution in [-0.2, 0) is 36.8 Å². The normalized spacial score (nSPS) is 22.4. The first-order valence-electron chi connectivity index (χ1n) is 29.0. The molecule has 0 saturated carbocycles. The van der Waals surface area contributed by atoms with Crippen molar-refractivity contribution in [1.29, 1.82) is 0 Å². The van der Waals surface area contributed by atoms with Gasteiger partial charge in [0, 0.05) is 79.1 Å². The van der Waals surface area contributed by atoms with E-state index >= 15 is 0 Å². The number of nitrogens with one attached hydrogen (secondary N) is 5. The molecule has 2 aliphatic carbocycles. The number of aryl methyl sites for hydroxylation is 2. The zero-order valence-electron chi connectivity index (χ0n) is 46.7. The molecule has 7 atom stereocenters. The number of rotatable bonds is 21. The highest BCUT2D eigenvalue weighted by atomic mass is 16.6. The Labute approximate surface area is 470 Å². The molecule has 80 heavy (non-hydrogen) atoms. The molecule has 0 spiro atoms. The molecule has 0 saturated heterocycles. The van der Waals surface area contributed by atoms with Crippen molar-refractivity contribution in [3.8, 4) is 51.7 Å². The minimum absolute atomic E-state index is 0.0205. The smallest absolute Gasteiger partial charge is 0.161 e. The molecule has 11 rings (SSSR count). The van der Waals surface area contributed by atoms with Gasteiger partial charge in [-0.05, 0) is 176 Å². The second-order valence-electron chi connectivity index (χ2n) is 23.4. The molecule has 422 valence electrons. The van der Waals surface area contributed by atoms with Gasteiger partial charge in [-0.15, -0.1) is 0 Å². The van der Waals surface area contributed by atoms with E-state index in [1.165, 1.54) is 16.7 Å². The van der Waals surface area contributed by atoms with Gasteiger partial charge in [0.25, 0.3) is 0 Å². The Morgan fingerprint density at radius 3 is 2.60 bits per heavy atom. The number of hydrogen-bond acceptors (Lipinski definition) is 13. The zero-order valence-corrected chi connectivity index (χ0v) is 46.7. The third kappa shape index (κ3) is 11.1. The maximum atomic E-state index is 12.0. The van der Waals surface area contributed by atoms with Crippen LogP contribution in [0.25, 0.3) is 28.1 Å². The van der Waals surface area contributed by atoms with E-state index in [4.69, 9.17) is 18.9 Å². The summed E-state index contributed by atoms with van der Waals surface area (Å²) < 4.78 is 28.6. The Kier molecular flexibility index (Phi) is 16.6. The van der Waals surface area contributed by atoms with Crippen LogP contribution >= 0.6 is 0 Å². The topological polar surface area (TPSA) is 202 Å². The molecule has 4 heterocycles. The molecular weight excluding hydrogens is 1010 g/mol. The largest absolute Gasteiger partial charge is 0.507 e. The fourth-order valence-corrected chi connectivity index (χ4v) is 13.6. The number of aromatic hydroxyl groups is 2. The molecular formula is C66H79N5O9. The van der Waals surface area contributed by atoms with Gasteiger partial charge in [-0.2, -0.15) is 0 Å². The number of aliphatic hydroxyl groups excluding tert-OH is 2. The number of ether oxygens (including phenoxy) is 4. The van der Waals surface area contributed by atoms with Gasteiger partial charge in [0.15, 0.2) is 17.6 Å². The van der Waals surface area contributed by atoms with Crippen LogP contribution in [0, 0.1) is 17.8 Å². The van der Waals surface area contributed by atoms with Crippen molar-refractivity contribution in [2.45, 2.75) is 126 Å². The van der Waals surface area contributed by atoms with Crippen LogP contribution in [0.1, 0.15) is 121 Å². The molecule has 1 aromatic heterocycles. The fourth-order valence-electron chi connectivity index (χ4n) is 13.6. The number of benzene rings is 5. The van der Waals surface area contributed by atoms with Crippen LogP contribution in [0.4, 0.5) is 0 Å². The lowest BCUT2D eigenvalue weighted by Gasteiger charge is -2.50. The molecule has 0 amide bonds. The molecule has 10 N–H and O–H groups in total. The van der Waals surface area contributed by atoms with E-state index in [-0.39, 0.29) is 49.9 Å². The zero-order chi connectivity index (χ0) is 55.5. The van der Waals surface area contributed by atoms with Gasteiger partial charge in [0.1, 0.15) is 35.0 Å². The molecule has 14 heteroatoms. The van der Waals surface area contributed by atoms with Gasteiger partial charge in [-0.3, -0.25) is 10.6 Å². The van der Waals surface area contributed by atoms with Crippen LogP contribution in [0.2, 0.25) is 0 Å². The first kappa shape index (κ1) is 55.5. The number of aromatic nitrogens is 1. The summed E-state index contributed by atoms with van der Waals surface area (Å²) in [5.74, 6) is 9.07. The van der Waals surface area contributed by atoms with Crippen molar-refractivity contribution in [3.05, 3.63) is 141 Å². The van der Waals surface area contributed by atoms with Gasteiger partial charge in [-0.1, -0.05) is 68.2 Å². The maximum absolute atomic E-state index is 12.0. The maximum Gasteiger partial charge on any atom is 0.161 e. The van der Waals surface area contributed by atoms with Crippen molar-refractivity contribution >= 4 is 17.0 Å². The highest BCUT2D eigenvalue weighted by Gasteiger charge is 2.55. The summed E-state index contributed by atoms with van der Waals surface area (Å²) in [6, 6.07) is 26.5. The summed E-state index contributed by atoms with van der Waals surface area (Å²) in [5.41, 5.74) is 10.6. The number of fused-ring (bicyclic) bond motifs is 12.